The Hall–Kier alpha value is -3.36. The van der Waals surface area contributed by atoms with E-state index in [1.165, 1.54) is 30.0 Å². The van der Waals surface area contributed by atoms with E-state index >= 15 is 0 Å². The van der Waals surface area contributed by atoms with Gasteiger partial charge in [0.15, 0.2) is 11.0 Å². The minimum absolute atomic E-state index is 0.0535. The van der Waals surface area contributed by atoms with Gasteiger partial charge in [-0.15, -0.1) is 10.2 Å². The molecule has 32 heavy (non-hydrogen) atoms. The second-order valence-electron chi connectivity index (χ2n) is 6.67. The number of carbonyl (C=O) groups is 1. The van der Waals surface area contributed by atoms with Crippen molar-refractivity contribution in [2.24, 2.45) is 0 Å². The molecule has 9 heteroatoms. The van der Waals surface area contributed by atoms with Crippen molar-refractivity contribution in [3.63, 3.8) is 0 Å². The topological polar surface area (TPSA) is 69.0 Å². The van der Waals surface area contributed by atoms with Crippen LogP contribution in [-0.2, 0) is 4.79 Å². The van der Waals surface area contributed by atoms with Crippen LogP contribution in [0.3, 0.4) is 0 Å². The summed E-state index contributed by atoms with van der Waals surface area (Å²) in [6, 6.07) is 21.2. The summed E-state index contributed by atoms with van der Waals surface area (Å²) in [6.45, 7) is 0. The molecule has 0 radical (unpaired) electrons. The number of benzene rings is 3. The van der Waals surface area contributed by atoms with E-state index in [-0.39, 0.29) is 16.7 Å². The van der Waals surface area contributed by atoms with Gasteiger partial charge in [0.2, 0.25) is 5.91 Å². The van der Waals surface area contributed by atoms with Gasteiger partial charge in [0.1, 0.15) is 11.6 Å². The number of nitrogens with one attached hydrogen (secondary N) is 1. The van der Waals surface area contributed by atoms with E-state index in [0.29, 0.717) is 22.4 Å². The maximum Gasteiger partial charge on any atom is 0.234 e. The number of anilines is 1. The highest BCUT2D eigenvalue weighted by Crippen LogP contribution is 2.30. The Morgan fingerprint density at radius 2 is 1.91 bits per heavy atom. The number of halogens is 2. The smallest absolute Gasteiger partial charge is 0.234 e. The Morgan fingerprint density at radius 3 is 2.66 bits per heavy atom. The van der Waals surface area contributed by atoms with Crippen LogP contribution < -0.4 is 10.1 Å². The van der Waals surface area contributed by atoms with Gasteiger partial charge >= 0.3 is 0 Å². The molecule has 4 aromatic rings. The molecule has 0 bridgehead atoms. The first kappa shape index (κ1) is 21.9. The zero-order valence-electron chi connectivity index (χ0n) is 17.0. The molecule has 162 valence electrons. The van der Waals surface area contributed by atoms with Gasteiger partial charge in [0, 0.05) is 16.9 Å². The van der Waals surface area contributed by atoms with Gasteiger partial charge in [-0.05, 0) is 42.5 Å². The van der Waals surface area contributed by atoms with Crippen molar-refractivity contribution >= 4 is 35.0 Å². The van der Waals surface area contributed by atoms with Crippen molar-refractivity contribution in [2.45, 2.75) is 5.16 Å². The van der Waals surface area contributed by atoms with E-state index in [9.17, 15) is 9.18 Å². The molecule has 0 fully saturated rings. The van der Waals surface area contributed by atoms with Crippen LogP contribution in [0.25, 0.3) is 17.1 Å². The van der Waals surface area contributed by atoms with Gasteiger partial charge in [-0.25, -0.2) is 4.39 Å². The van der Waals surface area contributed by atoms with E-state index in [1.807, 2.05) is 59.2 Å². The first-order valence-corrected chi connectivity index (χ1v) is 10.9. The van der Waals surface area contributed by atoms with Crippen molar-refractivity contribution in [3.05, 3.63) is 83.6 Å². The van der Waals surface area contributed by atoms with Crippen LogP contribution >= 0.6 is 23.4 Å². The number of rotatable bonds is 7. The first-order valence-electron chi connectivity index (χ1n) is 9.58. The van der Waals surface area contributed by atoms with Crippen molar-refractivity contribution in [2.75, 3.05) is 18.2 Å². The van der Waals surface area contributed by atoms with E-state index in [0.717, 1.165) is 11.3 Å². The zero-order chi connectivity index (χ0) is 22.5. The third kappa shape index (κ3) is 4.92. The standard InChI is InChI=1S/C23H18ClFN4O2S/c1-31-18-9-5-6-15(12-18)22-27-28-23(29(22)17-7-3-2-4-8-17)32-14-21(30)26-16-10-11-20(25)19(24)13-16/h2-13H,14H2,1H3,(H,26,30). The number of hydrogen-bond donors (Lipinski definition) is 1. The summed E-state index contributed by atoms with van der Waals surface area (Å²) >= 11 is 7.02. The lowest BCUT2D eigenvalue weighted by atomic mass is 10.2. The summed E-state index contributed by atoms with van der Waals surface area (Å²) in [4.78, 5) is 12.4. The van der Waals surface area contributed by atoms with Crippen LogP contribution in [0.15, 0.2) is 78.0 Å². The second kappa shape index (κ2) is 9.84. The van der Waals surface area contributed by atoms with Crippen LogP contribution in [0.5, 0.6) is 5.75 Å². The fourth-order valence-corrected chi connectivity index (χ4v) is 3.96. The summed E-state index contributed by atoms with van der Waals surface area (Å²) < 4.78 is 20.5. The molecule has 4 rings (SSSR count). The summed E-state index contributed by atoms with van der Waals surface area (Å²) in [5.41, 5.74) is 2.12. The molecule has 0 saturated carbocycles. The predicted molar refractivity (Wildman–Crippen MR) is 124 cm³/mol. The lowest BCUT2D eigenvalue weighted by molar-refractivity contribution is -0.113. The summed E-state index contributed by atoms with van der Waals surface area (Å²) in [6.07, 6.45) is 0. The third-order valence-electron chi connectivity index (χ3n) is 4.51. The lowest BCUT2D eigenvalue weighted by Crippen LogP contribution is -2.14. The molecule has 0 spiro atoms. The Bertz CT molecular complexity index is 1250. The molecule has 0 atom stereocenters. The van der Waals surface area contributed by atoms with E-state index in [1.54, 1.807) is 7.11 Å². The SMILES string of the molecule is COc1cccc(-c2nnc(SCC(=O)Nc3ccc(F)c(Cl)c3)n2-c2ccccc2)c1. The highest BCUT2D eigenvalue weighted by atomic mass is 35.5. The average Bonchev–Trinajstić information content (AvgIpc) is 3.25. The van der Waals surface area contributed by atoms with Gasteiger partial charge in [-0.1, -0.05) is 53.7 Å². The number of ether oxygens (including phenoxy) is 1. The minimum atomic E-state index is -0.542. The van der Waals surface area contributed by atoms with Crippen molar-refractivity contribution in [1.82, 2.24) is 14.8 Å². The van der Waals surface area contributed by atoms with Gasteiger partial charge < -0.3 is 10.1 Å². The number of amides is 1. The number of thioether (sulfide) groups is 1. The largest absolute Gasteiger partial charge is 0.497 e. The first-order chi connectivity index (χ1) is 15.5. The minimum Gasteiger partial charge on any atom is -0.497 e. The summed E-state index contributed by atoms with van der Waals surface area (Å²) in [7, 11) is 1.61. The van der Waals surface area contributed by atoms with E-state index < -0.39 is 5.82 Å². The molecule has 0 aliphatic rings. The van der Waals surface area contributed by atoms with Crippen LogP contribution in [0.4, 0.5) is 10.1 Å². The average molecular weight is 469 g/mol. The number of para-hydroxylation sites is 1. The molecule has 3 aromatic carbocycles. The maximum absolute atomic E-state index is 13.3. The molecule has 6 nitrogen and oxygen atoms in total. The molecule has 0 saturated heterocycles. The number of hydrogen-bond acceptors (Lipinski definition) is 5. The quantitative estimate of drug-likeness (QED) is 0.364. The Labute approximate surface area is 193 Å². The Balaban J connectivity index is 1.59. The molecule has 1 N–H and O–H groups in total. The lowest BCUT2D eigenvalue weighted by Gasteiger charge is -2.11. The van der Waals surface area contributed by atoms with Gasteiger partial charge in [-0.2, -0.15) is 0 Å². The van der Waals surface area contributed by atoms with Crippen LogP contribution in [-0.4, -0.2) is 33.5 Å². The molecule has 1 aromatic heterocycles. The number of carbonyl (C=O) groups excluding carboxylic acids is 1. The molecule has 0 aliphatic heterocycles. The normalized spacial score (nSPS) is 10.7. The fraction of sp³-hybridized carbons (Fsp3) is 0.0870. The van der Waals surface area contributed by atoms with Gasteiger partial charge in [-0.3, -0.25) is 9.36 Å². The molecule has 0 aliphatic carbocycles. The predicted octanol–water partition coefficient (Wildman–Crippen LogP) is 5.47. The summed E-state index contributed by atoms with van der Waals surface area (Å²) in [5.74, 6) is 0.598. The number of nitrogens with zero attached hydrogens (tertiary/aromatic N) is 3. The summed E-state index contributed by atoms with van der Waals surface area (Å²) in [5, 5.41) is 11.9. The maximum atomic E-state index is 13.3. The number of aromatic nitrogens is 3. The van der Waals surface area contributed by atoms with Crippen LogP contribution in [0.1, 0.15) is 0 Å². The molecule has 1 amide bonds. The molecule has 1 heterocycles. The molecular weight excluding hydrogens is 451 g/mol. The van der Waals surface area contributed by atoms with Crippen LogP contribution in [0.2, 0.25) is 5.02 Å². The van der Waals surface area contributed by atoms with Crippen molar-refractivity contribution in [1.29, 1.82) is 0 Å². The monoisotopic (exact) mass is 468 g/mol. The molecule has 0 unspecified atom stereocenters. The van der Waals surface area contributed by atoms with Gasteiger partial charge in [0.25, 0.3) is 0 Å². The third-order valence-corrected chi connectivity index (χ3v) is 5.73. The Morgan fingerprint density at radius 1 is 1.09 bits per heavy atom. The zero-order valence-corrected chi connectivity index (χ0v) is 18.5. The molecular formula is C23H18ClFN4O2S. The van der Waals surface area contributed by atoms with Gasteiger partial charge in [0.05, 0.1) is 17.9 Å². The second-order valence-corrected chi connectivity index (χ2v) is 8.02. The number of methoxy groups -OCH3 is 1. The van der Waals surface area contributed by atoms with Crippen molar-refractivity contribution < 1.29 is 13.9 Å². The van der Waals surface area contributed by atoms with E-state index in [2.05, 4.69) is 15.5 Å². The van der Waals surface area contributed by atoms with Crippen molar-refractivity contribution in [3.8, 4) is 22.8 Å². The van der Waals surface area contributed by atoms with Crippen LogP contribution in [0, 0.1) is 5.82 Å². The van der Waals surface area contributed by atoms with E-state index in [4.69, 9.17) is 16.3 Å². The fourth-order valence-electron chi connectivity index (χ4n) is 3.02. The highest BCUT2D eigenvalue weighted by molar-refractivity contribution is 7.99. The Kier molecular flexibility index (Phi) is 6.72. The highest BCUT2D eigenvalue weighted by Gasteiger charge is 2.18.